The van der Waals surface area contributed by atoms with Crippen molar-refractivity contribution in [3.8, 4) is 0 Å². The van der Waals surface area contributed by atoms with Gasteiger partial charge in [0.15, 0.2) is 0 Å². The van der Waals surface area contributed by atoms with Crippen molar-refractivity contribution in [2.24, 2.45) is 0 Å². The van der Waals surface area contributed by atoms with Crippen LogP contribution in [0.3, 0.4) is 0 Å². The quantitative estimate of drug-likeness (QED) is 0.394. The molecule has 0 bridgehead atoms. The molecule has 4 heteroatoms. The Labute approximate surface area is 107 Å². The predicted molar refractivity (Wildman–Crippen MR) is 68.9 cm³/mol. The van der Waals surface area contributed by atoms with Gasteiger partial charge in [0.2, 0.25) is 4.84 Å². The lowest BCUT2D eigenvalue weighted by Gasteiger charge is -2.25. The van der Waals surface area contributed by atoms with Gasteiger partial charge in [0.25, 0.3) is 0 Å². The van der Waals surface area contributed by atoms with Crippen molar-refractivity contribution in [3.05, 3.63) is 24.8 Å². The number of hydrogen-bond donors (Lipinski definition) is 0. The Morgan fingerprint density at radius 3 is 2.50 bits per heavy atom. The summed E-state index contributed by atoms with van der Waals surface area (Å²) in [6, 6.07) is 0. The molecule has 16 heavy (non-hydrogen) atoms. The van der Waals surface area contributed by atoms with Crippen LogP contribution in [0.1, 0.15) is 33.1 Å². The van der Waals surface area contributed by atoms with E-state index in [2.05, 4.69) is 13.2 Å². The number of hydrogen-bond acceptors (Lipinski definition) is 2. The van der Waals surface area contributed by atoms with Crippen LogP contribution in [0, 0.1) is 0 Å². The summed E-state index contributed by atoms with van der Waals surface area (Å²) in [4.78, 5) is 10.1. The first-order valence-corrected chi connectivity index (χ1v) is 5.97. The SMILES string of the molecule is C=CC(=C)CCCC(C)(C)OC(=O)C(Cl)Cl. The summed E-state index contributed by atoms with van der Waals surface area (Å²) in [5, 5.41) is 0. The molecule has 0 rings (SSSR count). The lowest BCUT2D eigenvalue weighted by Crippen LogP contribution is -2.30. The predicted octanol–water partition coefficient (Wildman–Crippen LogP) is 4.02. The molecule has 0 aliphatic carbocycles. The molecule has 0 spiro atoms. The van der Waals surface area contributed by atoms with Gasteiger partial charge in [-0.25, -0.2) is 4.79 Å². The van der Waals surface area contributed by atoms with Crippen molar-refractivity contribution in [2.45, 2.75) is 43.5 Å². The van der Waals surface area contributed by atoms with Gasteiger partial charge in [-0.1, -0.05) is 48.0 Å². The molecule has 92 valence electrons. The molecule has 0 aromatic carbocycles. The van der Waals surface area contributed by atoms with Gasteiger partial charge in [-0.2, -0.15) is 0 Å². The highest BCUT2D eigenvalue weighted by Crippen LogP contribution is 2.21. The van der Waals surface area contributed by atoms with E-state index < -0.39 is 16.4 Å². The molecule has 0 fully saturated rings. The Bertz CT molecular complexity index is 270. The summed E-state index contributed by atoms with van der Waals surface area (Å²) in [7, 11) is 0. The standard InChI is InChI=1S/C12H18Cl2O2/c1-5-9(2)7-6-8-12(3,4)16-11(15)10(13)14/h5,10H,1-2,6-8H2,3-4H3. The fourth-order valence-electron chi connectivity index (χ4n) is 1.21. The molecule has 0 atom stereocenters. The third-order valence-electron chi connectivity index (χ3n) is 2.12. The Kier molecular flexibility index (Phi) is 6.77. The van der Waals surface area contributed by atoms with Crippen LogP contribution in [0.2, 0.25) is 0 Å². The van der Waals surface area contributed by atoms with Gasteiger partial charge in [-0.3, -0.25) is 0 Å². The van der Waals surface area contributed by atoms with Gasteiger partial charge < -0.3 is 4.74 Å². The van der Waals surface area contributed by atoms with E-state index in [4.69, 9.17) is 27.9 Å². The molecule has 0 amide bonds. The zero-order valence-electron chi connectivity index (χ0n) is 9.76. The molecule has 0 unspecified atom stereocenters. The van der Waals surface area contributed by atoms with Gasteiger partial charge in [-0.05, 0) is 33.1 Å². The van der Waals surface area contributed by atoms with E-state index in [0.29, 0.717) is 0 Å². The number of ether oxygens (including phenoxy) is 1. The Balaban J connectivity index is 4.00. The second-order valence-corrected chi connectivity index (χ2v) is 5.29. The normalized spacial score (nSPS) is 11.3. The minimum atomic E-state index is -1.12. The first-order chi connectivity index (χ1) is 7.28. The van der Waals surface area contributed by atoms with Crippen LogP contribution in [0.5, 0.6) is 0 Å². The fourth-order valence-corrected chi connectivity index (χ4v) is 1.30. The first-order valence-electron chi connectivity index (χ1n) is 5.10. The van der Waals surface area contributed by atoms with Gasteiger partial charge in [0.05, 0.1) is 0 Å². The molecule has 0 saturated carbocycles. The summed E-state index contributed by atoms with van der Waals surface area (Å²) >= 11 is 10.8. The number of carbonyl (C=O) groups excluding carboxylic acids is 1. The number of rotatable bonds is 7. The first kappa shape index (κ1) is 15.5. The number of esters is 1. The van der Waals surface area contributed by atoms with Crippen LogP contribution < -0.4 is 0 Å². The van der Waals surface area contributed by atoms with Crippen LogP contribution in [-0.2, 0) is 9.53 Å². The highest BCUT2D eigenvalue weighted by molar-refractivity contribution is 6.52. The lowest BCUT2D eigenvalue weighted by atomic mass is 9.99. The average molecular weight is 265 g/mol. The molecule has 0 radical (unpaired) electrons. The maximum atomic E-state index is 11.2. The van der Waals surface area contributed by atoms with Crippen molar-refractivity contribution >= 4 is 29.2 Å². The fraction of sp³-hybridized carbons (Fsp3) is 0.583. The highest BCUT2D eigenvalue weighted by atomic mass is 35.5. The van der Waals surface area contributed by atoms with E-state index in [1.54, 1.807) is 6.08 Å². The summed E-state index contributed by atoms with van der Waals surface area (Å²) in [6.07, 6.45) is 4.18. The lowest BCUT2D eigenvalue weighted by molar-refractivity contribution is -0.154. The van der Waals surface area contributed by atoms with Crippen LogP contribution in [-0.4, -0.2) is 16.4 Å². The summed E-state index contributed by atoms with van der Waals surface area (Å²) in [5.74, 6) is -0.601. The monoisotopic (exact) mass is 264 g/mol. The van der Waals surface area contributed by atoms with E-state index in [1.165, 1.54) is 0 Å². The second-order valence-electron chi connectivity index (χ2n) is 4.20. The zero-order chi connectivity index (χ0) is 12.8. The molecule has 0 heterocycles. The van der Waals surface area contributed by atoms with Gasteiger partial charge >= 0.3 is 5.97 Å². The number of carbonyl (C=O) groups is 1. The molecule has 0 aromatic rings. The molecule has 0 aliphatic heterocycles. The number of alkyl halides is 2. The number of halogens is 2. The largest absolute Gasteiger partial charge is 0.458 e. The minimum Gasteiger partial charge on any atom is -0.458 e. The van der Waals surface area contributed by atoms with Gasteiger partial charge in [0.1, 0.15) is 5.60 Å². The maximum absolute atomic E-state index is 11.2. The van der Waals surface area contributed by atoms with Crippen molar-refractivity contribution in [2.75, 3.05) is 0 Å². The smallest absolute Gasteiger partial charge is 0.339 e. The molecule has 2 nitrogen and oxygen atoms in total. The molecule has 0 saturated heterocycles. The summed E-state index contributed by atoms with van der Waals surface area (Å²) in [6.45, 7) is 11.1. The average Bonchev–Trinajstić information content (AvgIpc) is 2.16. The topological polar surface area (TPSA) is 26.3 Å². The van der Waals surface area contributed by atoms with Gasteiger partial charge in [0, 0.05) is 0 Å². The molecule has 0 aliphatic rings. The molecular weight excluding hydrogens is 247 g/mol. The van der Waals surface area contributed by atoms with E-state index in [0.717, 1.165) is 24.8 Å². The third kappa shape index (κ3) is 6.91. The van der Waals surface area contributed by atoms with Crippen LogP contribution in [0.15, 0.2) is 24.8 Å². The summed E-state index contributed by atoms with van der Waals surface area (Å²) < 4.78 is 5.16. The third-order valence-corrected chi connectivity index (χ3v) is 2.48. The van der Waals surface area contributed by atoms with Crippen LogP contribution in [0.4, 0.5) is 0 Å². The van der Waals surface area contributed by atoms with E-state index in [-0.39, 0.29) is 0 Å². The Morgan fingerprint density at radius 2 is 2.06 bits per heavy atom. The van der Waals surface area contributed by atoms with Crippen LogP contribution in [0.25, 0.3) is 0 Å². The van der Waals surface area contributed by atoms with E-state index in [1.807, 2.05) is 13.8 Å². The van der Waals surface area contributed by atoms with E-state index >= 15 is 0 Å². The Morgan fingerprint density at radius 1 is 1.50 bits per heavy atom. The van der Waals surface area contributed by atoms with Gasteiger partial charge in [-0.15, -0.1) is 0 Å². The van der Waals surface area contributed by atoms with Crippen molar-refractivity contribution in [1.29, 1.82) is 0 Å². The molecular formula is C12H18Cl2O2. The minimum absolute atomic E-state index is 0.555. The van der Waals surface area contributed by atoms with Crippen molar-refractivity contribution in [3.63, 3.8) is 0 Å². The number of allylic oxidation sites excluding steroid dienone is 2. The second kappa shape index (κ2) is 6.97. The van der Waals surface area contributed by atoms with Crippen molar-refractivity contribution in [1.82, 2.24) is 0 Å². The van der Waals surface area contributed by atoms with Crippen LogP contribution >= 0.6 is 23.2 Å². The summed E-state index contributed by atoms with van der Waals surface area (Å²) in [5.41, 5.74) is 0.426. The zero-order valence-corrected chi connectivity index (χ0v) is 11.3. The highest BCUT2D eigenvalue weighted by Gasteiger charge is 2.25. The maximum Gasteiger partial charge on any atom is 0.339 e. The Hall–Kier alpha value is -0.470. The molecule has 0 N–H and O–H groups in total. The van der Waals surface area contributed by atoms with E-state index in [9.17, 15) is 4.79 Å². The molecule has 0 aromatic heterocycles. The van der Waals surface area contributed by atoms with Crippen molar-refractivity contribution < 1.29 is 9.53 Å².